The Morgan fingerprint density at radius 3 is 2.53 bits per heavy atom. The van der Waals surface area contributed by atoms with Gasteiger partial charge in [0.2, 0.25) is 0 Å². The predicted molar refractivity (Wildman–Crippen MR) is 76.4 cm³/mol. The van der Waals surface area contributed by atoms with E-state index < -0.39 is 0 Å². The Morgan fingerprint density at radius 2 is 2.00 bits per heavy atom. The van der Waals surface area contributed by atoms with Crippen molar-refractivity contribution in [2.24, 2.45) is 5.41 Å². The summed E-state index contributed by atoms with van der Waals surface area (Å²) in [4.78, 5) is 2.69. The molecule has 2 unspecified atom stereocenters. The van der Waals surface area contributed by atoms with Gasteiger partial charge in [-0.25, -0.2) is 0 Å². The van der Waals surface area contributed by atoms with Gasteiger partial charge < -0.3 is 5.32 Å². The topological polar surface area (TPSA) is 15.3 Å². The molecule has 0 spiro atoms. The lowest BCUT2D eigenvalue weighted by atomic mass is 9.91. The number of hydrogen-bond donors (Lipinski definition) is 1. The first kappa shape index (κ1) is 15.0. The number of nitrogens with one attached hydrogen (secondary N) is 1. The van der Waals surface area contributed by atoms with Crippen LogP contribution in [0.5, 0.6) is 0 Å². The zero-order valence-corrected chi connectivity index (χ0v) is 12.8. The van der Waals surface area contributed by atoms with Crippen LogP contribution < -0.4 is 5.32 Å². The van der Waals surface area contributed by atoms with Gasteiger partial charge in [0, 0.05) is 18.1 Å². The molecule has 0 bridgehead atoms. The third kappa shape index (κ3) is 4.97. The molecule has 0 aliphatic carbocycles. The number of hydrogen-bond acceptors (Lipinski definition) is 2. The smallest absolute Gasteiger partial charge is 0.0277 e. The third-order valence-corrected chi connectivity index (χ3v) is 4.22. The van der Waals surface area contributed by atoms with Crippen LogP contribution in [0, 0.1) is 5.41 Å². The Balaban J connectivity index is 2.60. The van der Waals surface area contributed by atoms with Gasteiger partial charge in [-0.2, -0.15) is 0 Å². The molecular formula is C15H32N2. The first-order valence-electron chi connectivity index (χ1n) is 7.25. The highest BCUT2D eigenvalue weighted by atomic mass is 15.2. The van der Waals surface area contributed by atoms with Crippen LogP contribution in [0.1, 0.15) is 60.8 Å². The SMILES string of the molecule is CCC1(C)CN(CCC(C)(C)C)C(C)CCN1. The van der Waals surface area contributed by atoms with E-state index in [4.69, 9.17) is 0 Å². The molecule has 1 aliphatic rings. The summed E-state index contributed by atoms with van der Waals surface area (Å²) in [5.41, 5.74) is 0.755. The Hall–Kier alpha value is -0.0800. The van der Waals surface area contributed by atoms with Crippen molar-refractivity contribution in [3.05, 3.63) is 0 Å². The molecule has 0 aromatic carbocycles. The molecule has 0 aromatic rings. The summed E-state index contributed by atoms with van der Waals surface area (Å²) >= 11 is 0. The maximum absolute atomic E-state index is 3.72. The Morgan fingerprint density at radius 1 is 1.35 bits per heavy atom. The zero-order chi connectivity index (χ0) is 13.1. The summed E-state index contributed by atoms with van der Waals surface area (Å²) in [7, 11) is 0. The summed E-state index contributed by atoms with van der Waals surface area (Å²) < 4.78 is 0. The van der Waals surface area contributed by atoms with Crippen molar-refractivity contribution >= 4 is 0 Å². The van der Waals surface area contributed by atoms with Crippen LogP contribution in [-0.2, 0) is 0 Å². The lowest BCUT2D eigenvalue weighted by Gasteiger charge is -2.36. The minimum absolute atomic E-state index is 0.308. The lowest BCUT2D eigenvalue weighted by molar-refractivity contribution is 0.150. The lowest BCUT2D eigenvalue weighted by Crippen LogP contribution is -2.49. The molecule has 0 radical (unpaired) electrons. The minimum atomic E-state index is 0.308. The van der Waals surface area contributed by atoms with Crippen LogP contribution in [0.25, 0.3) is 0 Å². The Kier molecular flexibility index (Phi) is 5.03. The molecule has 1 fully saturated rings. The normalized spacial score (nSPS) is 32.5. The second kappa shape index (κ2) is 5.71. The Bertz CT molecular complexity index is 232. The largest absolute Gasteiger partial charge is 0.310 e. The summed E-state index contributed by atoms with van der Waals surface area (Å²) in [5.74, 6) is 0. The van der Waals surface area contributed by atoms with Gasteiger partial charge in [0.1, 0.15) is 0 Å². The average Bonchev–Trinajstić information content (AvgIpc) is 2.36. The minimum Gasteiger partial charge on any atom is -0.310 e. The van der Waals surface area contributed by atoms with Crippen LogP contribution in [0.15, 0.2) is 0 Å². The van der Waals surface area contributed by atoms with E-state index in [1.165, 1.54) is 32.4 Å². The molecule has 1 heterocycles. The predicted octanol–water partition coefficient (Wildman–Crippen LogP) is 3.28. The van der Waals surface area contributed by atoms with Gasteiger partial charge >= 0.3 is 0 Å². The van der Waals surface area contributed by atoms with Crippen LogP contribution in [0.4, 0.5) is 0 Å². The number of rotatable bonds is 3. The van der Waals surface area contributed by atoms with Crippen molar-refractivity contribution in [2.75, 3.05) is 19.6 Å². The van der Waals surface area contributed by atoms with E-state index in [0.717, 1.165) is 12.6 Å². The maximum atomic E-state index is 3.72. The summed E-state index contributed by atoms with van der Waals surface area (Å²) in [6, 6.07) is 0.721. The van der Waals surface area contributed by atoms with Crippen molar-refractivity contribution < 1.29 is 0 Å². The second-order valence-electron chi connectivity index (χ2n) is 7.26. The molecule has 0 saturated carbocycles. The zero-order valence-electron chi connectivity index (χ0n) is 12.8. The third-order valence-electron chi connectivity index (χ3n) is 4.22. The van der Waals surface area contributed by atoms with Crippen molar-refractivity contribution in [1.82, 2.24) is 10.2 Å². The van der Waals surface area contributed by atoms with Gasteiger partial charge in [-0.3, -0.25) is 4.90 Å². The molecule has 1 saturated heterocycles. The van der Waals surface area contributed by atoms with Gasteiger partial charge in [-0.1, -0.05) is 27.7 Å². The van der Waals surface area contributed by atoms with E-state index in [-0.39, 0.29) is 0 Å². The average molecular weight is 240 g/mol. The van der Waals surface area contributed by atoms with Crippen molar-refractivity contribution in [2.45, 2.75) is 72.4 Å². The van der Waals surface area contributed by atoms with E-state index in [1.54, 1.807) is 0 Å². The highest BCUT2D eigenvalue weighted by Crippen LogP contribution is 2.23. The molecule has 0 aromatic heterocycles. The van der Waals surface area contributed by atoms with Crippen LogP contribution >= 0.6 is 0 Å². The van der Waals surface area contributed by atoms with E-state index in [2.05, 4.69) is 51.8 Å². The van der Waals surface area contributed by atoms with Gasteiger partial charge in [-0.15, -0.1) is 0 Å². The molecular weight excluding hydrogens is 208 g/mol. The van der Waals surface area contributed by atoms with Crippen molar-refractivity contribution in [3.8, 4) is 0 Å². The van der Waals surface area contributed by atoms with Crippen LogP contribution in [-0.4, -0.2) is 36.1 Å². The van der Waals surface area contributed by atoms with E-state index in [9.17, 15) is 0 Å². The molecule has 1 rings (SSSR count). The van der Waals surface area contributed by atoms with Crippen LogP contribution in [0.3, 0.4) is 0 Å². The molecule has 102 valence electrons. The molecule has 1 aliphatic heterocycles. The molecule has 2 atom stereocenters. The summed E-state index contributed by atoms with van der Waals surface area (Å²) in [6.45, 7) is 17.7. The summed E-state index contributed by atoms with van der Waals surface area (Å²) in [6.07, 6.45) is 3.78. The quantitative estimate of drug-likeness (QED) is 0.814. The van der Waals surface area contributed by atoms with Gasteiger partial charge in [0.15, 0.2) is 0 Å². The molecule has 2 nitrogen and oxygen atoms in total. The highest BCUT2D eigenvalue weighted by Gasteiger charge is 2.30. The van der Waals surface area contributed by atoms with E-state index in [0.29, 0.717) is 11.0 Å². The van der Waals surface area contributed by atoms with Crippen LogP contribution in [0.2, 0.25) is 0 Å². The molecule has 1 N–H and O–H groups in total. The molecule has 17 heavy (non-hydrogen) atoms. The van der Waals surface area contributed by atoms with E-state index in [1.807, 2.05) is 0 Å². The highest BCUT2D eigenvalue weighted by molar-refractivity contribution is 4.90. The first-order valence-corrected chi connectivity index (χ1v) is 7.25. The van der Waals surface area contributed by atoms with E-state index >= 15 is 0 Å². The molecule has 2 heteroatoms. The second-order valence-corrected chi connectivity index (χ2v) is 7.26. The van der Waals surface area contributed by atoms with Crippen molar-refractivity contribution in [1.29, 1.82) is 0 Å². The maximum Gasteiger partial charge on any atom is 0.0277 e. The summed E-state index contributed by atoms with van der Waals surface area (Å²) in [5, 5.41) is 3.72. The van der Waals surface area contributed by atoms with Gasteiger partial charge in [0.25, 0.3) is 0 Å². The molecule has 0 amide bonds. The fraction of sp³-hybridized carbons (Fsp3) is 1.00. The number of nitrogens with zero attached hydrogens (tertiary/aromatic N) is 1. The standard InChI is InChI=1S/C15H32N2/c1-7-15(6)12-17(11-9-14(3,4)5)13(2)8-10-16-15/h13,16H,7-12H2,1-6H3. The van der Waals surface area contributed by atoms with Gasteiger partial charge in [0.05, 0.1) is 0 Å². The first-order chi connectivity index (χ1) is 7.76. The monoisotopic (exact) mass is 240 g/mol. The fourth-order valence-corrected chi connectivity index (χ4v) is 2.44. The Labute approximate surface area is 108 Å². The van der Waals surface area contributed by atoms with Gasteiger partial charge in [-0.05, 0) is 51.6 Å². The van der Waals surface area contributed by atoms with Crippen molar-refractivity contribution in [3.63, 3.8) is 0 Å². The fourth-order valence-electron chi connectivity index (χ4n) is 2.44.